The molecule has 9 heteroatoms. The van der Waals surface area contributed by atoms with Gasteiger partial charge in [-0.2, -0.15) is 0 Å². The van der Waals surface area contributed by atoms with Crippen molar-refractivity contribution in [3.63, 3.8) is 0 Å². The summed E-state index contributed by atoms with van der Waals surface area (Å²) < 4.78 is 33.7. The average molecular weight is 522 g/mol. The molecule has 202 valence electrons. The van der Waals surface area contributed by atoms with E-state index in [0.717, 1.165) is 19.1 Å². The Morgan fingerprint density at radius 2 is 1.42 bits per heavy atom. The van der Waals surface area contributed by atoms with Gasteiger partial charge in [-0.15, -0.1) is 5.10 Å². The molecule has 1 amide bonds. The van der Waals surface area contributed by atoms with Gasteiger partial charge in [0, 0.05) is 18.2 Å². The van der Waals surface area contributed by atoms with Crippen molar-refractivity contribution in [2.45, 2.75) is 102 Å². The molecule has 0 saturated carbocycles. The van der Waals surface area contributed by atoms with Gasteiger partial charge in [0.15, 0.2) is 0 Å². The van der Waals surface area contributed by atoms with Crippen LogP contribution in [0.5, 0.6) is 5.75 Å². The van der Waals surface area contributed by atoms with Crippen molar-refractivity contribution >= 4 is 15.7 Å². The van der Waals surface area contributed by atoms with Gasteiger partial charge in [-0.1, -0.05) is 89.1 Å². The number of benzene rings is 1. The van der Waals surface area contributed by atoms with Gasteiger partial charge in [0.25, 0.3) is 0 Å². The lowest BCUT2D eigenvalue weighted by Crippen LogP contribution is -2.27. The van der Waals surface area contributed by atoms with E-state index >= 15 is 0 Å². The Labute approximate surface area is 216 Å². The second-order valence-corrected chi connectivity index (χ2v) is 11.3. The molecule has 1 N–H and O–H groups in total. The first-order valence-electron chi connectivity index (χ1n) is 13.4. The van der Waals surface area contributed by atoms with E-state index < -0.39 is 15.1 Å². The highest BCUT2D eigenvalue weighted by Crippen LogP contribution is 2.22. The largest absolute Gasteiger partial charge is 0.492 e. The second-order valence-electron chi connectivity index (χ2n) is 9.36. The minimum absolute atomic E-state index is 0.0649. The van der Waals surface area contributed by atoms with E-state index in [1.807, 2.05) is 0 Å². The summed E-state index contributed by atoms with van der Waals surface area (Å²) in [5, 5.41) is 9.79. The molecule has 8 nitrogen and oxygen atoms in total. The lowest BCUT2D eigenvalue weighted by atomic mass is 10.0. The third-order valence-electron chi connectivity index (χ3n) is 6.03. The Morgan fingerprint density at radius 1 is 0.861 bits per heavy atom. The van der Waals surface area contributed by atoms with Crippen molar-refractivity contribution in [2.24, 2.45) is 0 Å². The fraction of sp³-hybridized carbons (Fsp3) is 0.667. The van der Waals surface area contributed by atoms with E-state index in [-0.39, 0.29) is 11.8 Å². The van der Waals surface area contributed by atoms with Crippen LogP contribution in [0.2, 0.25) is 0 Å². The highest BCUT2D eigenvalue weighted by Gasteiger charge is 2.17. The van der Waals surface area contributed by atoms with E-state index in [1.54, 1.807) is 24.3 Å². The van der Waals surface area contributed by atoms with Gasteiger partial charge in [-0.25, -0.2) is 8.42 Å². The normalized spacial score (nSPS) is 11.5. The van der Waals surface area contributed by atoms with Crippen LogP contribution >= 0.6 is 0 Å². The minimum atomic E-state index is -3.54. The summed E-state index contributed by atoms with van der Waals surface area (Å²) in [5.74, 6) is 0.824. The molecular weight excluding hydrogens is 478 g/mol. The van der Waals surface area contributed by atoms with Crippen molar-refractivity contribution in [1.29, 1.82) is 0 Å². The number of carbonyl (C=O) groups excluding carboxylic acids is 1. The quantitative estimate of drug-likeness (QED) is 0.209. The number of ether oxygens (including phenoxy) is 1. The first-order valence-corrected chi connectivity index (χ1v) is 15.3. The summed E-state index contributed by atoms with van der Waals surface area (Å²) in [6.07, 6.45) is 18.4. The lowest BCUT2D eigenvalue weighted by molar-refractivity contribution is -0.121. The van der Waals surface area contributed by atoms with Crippen LogP contribution in [0, 0.1) is 0 Å². The van der Waals surface area contributed by atoms with E-state index in [2.05, 4.69) is 22.4 Å². The fourth-order valence-electron chi connectivity index (χ4n) is 3.92. The maximum absolute atomic E-state index is 12.0. The highest BCUT2D eigenvalue weighted by molar-refractivity contribution is 7.90. The number of aromatic nitrogens is 2. The monoisotopic (exact) mass is 521 g/mol. The maximum atomic E-state index is 12.0. The second kappa shape index (κ2) is 17.1. The third-order valence-corrected chi connectivity index (χ3v) is 6.82. The standard InChI is InChI=1S/C27H43N3O5S/c1-3-4-5-6-7-8-9-10-11-12-13-14-15-16-25(31)28-21-22-34-24-19-17-23(18-20-24)26-29-30-27(35-26)36(2,32)33/h17-20H,3-16,21-22H2,1-2H3,(H,28,31). The van der Waals surface area contributed by atoms with Crippen LogP contribution in [0.4, 0.5) is 0 Å². The zero-order chi connectivity index (χ0) is 26.1. The predicted molar refractivity (Wildman–Crippen MR) is 142 cm³/mol. The molecule has 36 heavy (non-hydrogen) atoms. The Bertz CT molecular complexity index is 974. The number of sulfone groups is 1. The summed E-state index contributed by atoms with van der Waals surface area (Å²) in [7, 11) is -3.54. The van der Waals surface area contributed by atoms with Gasteiger partial charge in [-0.3, -0.25) is 4.79 Å². The topological polar surface area (TPSA) is 111 Å². The number of nitrogens with zero attached hydrogens (tertiary/aromatic N) is 2. The zero-order valence-corrected chi connectivity index (χ0v) is 22.8. The molecule has 1 aromatic carbocycles. The van der Waals surface area contributed by atoms with Gasteiger partial charge in [0.2, 0.25) is 21.6 Å². The lowest BCUT2D eigenvalue weighted by Gasteiger charge is -2.08. The van der Waals surface area contributed by atoms with Crippen LogP contribution in [-0.4, -0.2) is 43.9 Å². The molecule has 0 unspecified atom stereocenters. The van der Waals surface area contributed by atoms with Crippen LogP contribution in [0.3, 0.4) is 0 Å². The molecule has 0 aliphatic rings. The first-order chi connectivity index (χ1) is 17.4. The van der Waals surface area contributed by atoms with E-state index in [4.69, 9.17) is 9.15 Å². The third kappa shape index (κ3) is 12.5. The highest BCUT2D eigenvalue weighted by atomic mass is 32.2. The van der Waals surface area contributed by atoms with Gasteiger partial charge in [0.05, 0.1) is 6.54 Å². The van der Waals surface area contributed by atoms with E-state index in [9.17, 15) is 13.2 Å². The van der Waals surface area contributed by atoms with Crippen molar-refractivity contribution in [3.05, 3.63) is 24.3 Å². The molecule has 1 aromatic heterocycles. The Morgan fingerprint density at radius 3 is 1.94 bits per heavy atom. The molecule has 1 heterocycles. The first kappa shape index (κ1) is 29.8. The summed E-state index contributed by atoms with van der Waals surface area (Å²) >= 11 is 0. The van der Waals surface area contributed by atoms with Crippen LogP contribution in [0.15, 0.2) is 33.9 Å². The van der Waals surface area contributed by atoms with Gasteiger partial charge < -0.3 is 14.5 Å². The van der Waals surface area contributed by atoms with Gasteiger partial charge in [-0.05, 0) is 30.7 Å². The van der Waals surface area contributed by atoms with E-state index in [0.29, 0.717) is 30.9 Å². The van der Waals surface area contributed by atoms with E-state index in [1.165, 1.54) is 70.6 Å². The number of amides is 1. The number of hydrogen-bond donors (Lipinski definition) is 1. The molecule has 0 atom stereocenters. The van der Waals surface area contributed by atoms with Gasteiger partial charge >= 0.3 is 5.22 Å². The summed E-state index contributed by atoms with van der Waals surface area (Å²) in [6, 6.07) is 6.88. The Hall–Kier alpha value is -2.42. The number of nitrogens with one attached hydrogen (secondary N) is 1. The smallest absolute Gasteiger partial charge is 0.335 e. The Balaban J connectivity index is 1.46. The van der Waals surface area contributed by atoms with Crippen LogP contribution in [0.1, 0.15) is 96.8 Å². The van der Waals surface area contributed by atoms with Crippen molar-refractivity contribution in [1.82, 2.24) is 15.5 Å². The Kier molecular flexibility index (Phi) is 14.2. The molecule has 0 radical (unpaired) electrons. The minimum Gasteiger partial charge on any atom is -0.492 e. The van der Waals surface area contributed by atoms with Crippen LogP contribution < -0.4 is 10.1 Å². The van der Waals surface area contributed by atoms with Crippen LogP contribution in [0.25, 0.3) is 11.5 Å². The number of rotatable bonds is 20. The molecule has 2 aromatic rings. The molecule has 0 spiro atoms. The summed E-state index contributed by atoms with van der Waals surface area (Å²) in [6.45, 7) is 3.07. The molecule has 0 aliphatic heterocycles. The summed E-state index contributed by atoms with van der Waals surface area (Å²) in [5.41, 5.74) is 0.593. The number of unbranched alkanes of at least 4 members (excludes halogenated alkanes) is 12. The van der Waals surface area contributed by atoms with Gasteiger partial charge in [0.1, 0.15) is 12.4 Å². The summed E-state index contributed by atoms with van der Waals surface area (Å²) in [4.78, 5) is 12.0. The SMILES string of the molecule is CCCCCCCCCCCCCCCC(=O)NCCOc1ccc(-c2nnc(S(C)(=O)=O)o2)cc1. The number of hydrogen-bond acceptors (Lipinski definition) is 7. The van der Waals surface area contributed by atoms with Crippen molar-refractivity contribution < 1.29 is 22.4 Å². The maximum Gasteiger partial charge on any atom is 0.335 e. The van der Waals surface area contributed by atoms with Crippen LogP contribution in [-0.2, 0) is 14.6 Å². The zero-order valence-electron chi connectivity index (χ0n) is 22.0. The predicted octanol–water partition coefficient (Wildman–Crippen LogP) is 6.12. The molecule has 0 saturated heterocycles. The molecule has 2 rings (SSSR count). The van der Waals surface area contributed by atoms with Crippen molar-refractivity contribution in [2.75, 3.05) is 19.4 Å². The van der Waals surface area contributed by atoms with Crippen molar-refractivity contribution in [3.8, 4) is 17.2 Å². The number of carbonyl (C=O) groups is 1. The molecular formula is C27H43N3O5S. The average Bonchev–Trinajstić information content (AvgIpc) is 3.36. The molecule has 0 bridgehead atoms. The fourth-order valence-corrected chi connectivity index (χ4v) is 4.34. The molecule has 0 aliphatic carbocycles. The molecule has 0 fully saturated rings.